The summed E-state index contributed by atoms with van der Waals surface area (Å²) in [4.78, 5) is 49.9. The summed E-state index contributed by atoms with van der Waals surface area (Å²) < 4.78 is 0.777. The predicted octanol–water partition coefficient (Wildman–Crippen LogP) is 1.69. The van der Waals surface area contributed by atoms with E-state index in [9.17, 15) is 19.2 Å². The van der Waals surface area contributed by atoms with Gasteiger partial charge in [0.2, 0.25) is 23.1 Å². The molecule has 0 radical (unpaired) electrons. The topological polar surface area (TPSA) is 84.1 Å². The molecule has 100 valence electrons. The number of rotatable bonds is 1. The van der Waals surface area contributed by atoms with Crippen molar-refractivity contribution in [1.29, 1.82) is 0 Å². The fourth-order valence-corrected chi connectivity index (χ4v) is 2.76. The minimum atomic E-state index is -1.31. The van der Waals surface area contributed by atoms with Crippen LogP contribution < -0.4 is 0 Å². The van der Waals surface area contributed by atoms with Gasteiger partial charge in [0.05, 0.1) is 6.42 Å². The van der Waals surface area contributed by atoms with Crippen LogP contribution in [0.4, 0.5) is 0 Å². The number of fused-ring (bicyclic) bond motifs is 1. The summed E-state index contributed by atoms with van der Waals surface area (Å²) in [6.07, 6.45) is 0.893. The molecule has 1 N–H and O–H groups in total. The quantitative estimate of drug-likeness (QED) is 0.635. The van der Waals surface area contributed by atoms with E-state index >= 15 is 0 Å². The average Bonchev–Trinajstić information content (AvgIpc) is 2.80. The van der Waals surface area contributed by atoms with Crippen molar-refractivity contribution in [3.8, 4) is 0 Å². The van der Waals surface area contributed by atoms with E-state index < -0.39 is 35.5 Å². The highest BCUT2D eigenvalue weighted by atomic mass is 79.9. The van der Waals surface area contributed by atoms with Crippen LogP contribution in [-0.4, -0.2) is 28.1 Å². The minimum Gasteiger partial charge on any atom is -0.361 e. The zero-order valence-electron chi connectivity index (χ0n) is 10.1. The Morgan fingerprint density at radius 2 is 1.70 bits per heavy atom. The van der Waals surface area contributed by atoms with Gasteiger partial charge in [0, 0.05) is 21.6 Å². The van der Waals surface area contributed by atoms with Gasteiger partial charge in [-0.15, -0.1) is 0 Å². The lowest BCUT2D eigenvalue weighted by Gasteiger charge is -2.16. The second-order valence-electron chi connectivity index (χ2n) is 4.62. The lowest BCUT2D eigenvalue weighted by Crippen LogP contribution is -2.40. The van der Waals surface area contributed by atoms with Gasteiger partial charge in [-0.25, -0.2) is 0 Å². The minimum absolute atomic E-state index is 0.373. The Morgan fingerprint density at radius 1 is 1.05 bits per heavy atom. The van der Waals surface area contributed by atoms with Crippen LogP contribution in [0, 0.1) is 0 Å². The van der Waals surface area contributed by atoms with Crippen LogP contribution in [0.2, 0.25) is 0 Å². The molecule has 0 atom stereocenters. The molecule has 0 unspecified atom stereocenters. The molecule has 0 amide bonds. The molecule has 1 heterocycles. The van der Waals surface area contributed by atoms with Gasteiger partial charge in [0.25, 0.3) is 0 Å². The number of carbonyl (C=O) groups excluding carboxylic acids is 4. The molecule has 0 spiro atoms. The fourth-order valence-electron chi connectivity index (χ4n) is 2.40. The van der Waals surface area contributed by atoms with Crippen molar-refractivity contribution in [2.45, 2.75) is 12.3 Å². The van der Waals surface area contributed by atoms with Crippen LogP contribution in [0.25, 0.3) is 10.9 Å². The first-order valence-electron chi connectivity index (χ1n) is 5.89. The van der Waals surface area contributed by atoms with Crippen molar-refractivity contribution in [3.05, 3.63) is 34.4 Å². The Morgan fingerprint density at radius 3 is 2.35 bits per heavy atom. The normalized spacial score (nSPS) is 17.2. The van der Waals surface area contributed by atoms with E-state index in [0.717, 1.165) is 9.99 Å². The standard InChI is InChI=1S/C14H8BrNO4/c15-6-1-2-9-7(3-6)8(5-16-9)12-13(19)10(17)4-11(18)14(12)20/h1-3,5,12,16H,4H2. The van der Waals surface area contributed by atoms with Crippen molar-refractivity contribution in [2.24, 2.45) is 0 Å². The summed E-state index contributed by atoms with van der Waals surface area (Å²) in [6.45, 7) is 0. The van der Waals surface area contributed by atoms with Crippen LogP contribution in [0.1, 0.15) is 17.9 Å². The fraction of sp³-hybridized carbons (Fsp3) is 0.143. The molecule has 5 nitrogen and oxygen atoms in total. The number of hydrogen-bond acceptors (Lipinski definition) is 4. The third-order valence-electron chi connectivity index (χ3n) is 3.38. The number of nitrogens with one attached hydrogen (secondary N) is 1. The molecule has 0 saturated heterocycles. The maximum absolute atomic E-state index is 12.0. The summed E-state index contributed by atoms with van der Waals surface area (Å²) in [6, 6.07) is 5.33. The Balaban J connectivity index is 2.20. The monoisotopic (exact) mass is 333 g/mol. The lowest BCUT2D eigenvalue weighted by molar-refractivity contribution is -0.149. The summed E-state index contributed by atoms with van der Waals surface area (Å²) >= 11 is 3.31. The summed E-state index contributed by atoms with van der Waals surface area (Å²) in [5.41, 5.74) is 1.10. The molecule has 1 saturated carbocycles. The van der Waals surface area contributed by atoms with Crippen LogP contribution in [-0.2, 0) is 19.2 Å². The largest absolute Gasteiger partial charge is 0.361 e. The highest BCUT2D eigenvalue weighted by molar-refractivity contribution is 9.10. The Kier molecular flexibility index (Phi) is 2.90. The summed E-state index contributed by atoms with van der Waals surface area (Å²) in [5.74, 6) is -4.54. The molecule has 1 fully saturated rings. The van der Waals surface area contributed by atoms with Crippen LogP contribution in [0.15, 0.2) is 28.9 Å². The Bertz CT molecular complexity index is 764. The molecule has 1 aromatic carbocycles. The van der Waals surface area contributed by atoms with E-state index in [1.807, 2.05) is 6.07 Å². The number of Topliss-reactive ketones (excluding diaryl/α,β-unsaturated/α-hetero) is 4. The molecule has 20 heavy (non-hydrogen) atoms. The van der Waals surface area contributed by atoms with Gasteiger partial charge < -0.3 is 4.98 Å². The molecule has 2 aromatic rings. The second-order valence-corrected chi connectivity index (χ2v) is 5.53. The van der Waals surface area contributed by atoms with Gasteiger partial charge in [0.1, 0.15) is 5.92 Å². The zero-order valence-corrected chi connectivity index (χ0v) is 11.7. The van der Waals surface area contributed by atoms with Crippen LogP contribution in [0.5, 0.6) is 0 Å². The third-order valence-corrected chi connectivity index (χ3v) is 3.88. The highest BCUT2D eigenvalue weighted by Gasteiger charge is 2.43. The van der Waals surface area contributed by atoms with E-state index in [2.05, 4.69) is 20.9 Å². The summed E-state index contributed by atoms with van der Waals surface area (Å²) in [5, 5.41) is 0.647. The smallest absolute Gasteiger partial charge is 0.214 e. The molecule has 0 aliphatic heterocycles. The number of ketones is 4. The van der Waals surface area contributed by atoms with Gasteiger partial charge in [-0.1, -0.05) is 15.9 Å². The number of H-pyrrole nitrogens is 1. The van der Waals surface area contributed by atoms with Crippen LogP contribution >= 0.6 is 15.9 Å². The van der Waals surface area contributed by atoms with Crippen molar-refractivity contribution in [1.82, 2.24) is 4.98 Å². The maximum atomic E-state index is 12.0. The molecular weight excluding hydrogens is 326 g/mol. The number of benzene rings is 1. The first-order chi connectivity index (χ1) is 9.49. The molecular formula is C14H8BrNO4. The molecule has 1 aromatic heterocycles. The highest BCUT2D eigenvalue weighted by Crippen LogP contribution is 2.31. The lowest BCUT2D eigenvalue weighted by atomic mass is 9.80. The van der Waals surface area contributed by atoms with Crippen molar-refractivity contribution < 1.29 is 19.2 Å². The Hall–Kier alpha value is -2.08. The first-order valence-corrected chi connectivity index (χ1v) is 6.69. The van der Waals surface area contributed by atoms with Gasteiger partial charge in [-0.3, -0.25) is 19.2 Å². The molecule has 0 bridgehead atoms. The van der Waals surface area contributed by atoms with Crippen molar-refractivity contribution >= 4 is 50.0 Å². The number of halogens is 1. The molecule has 6 heteroatoms. The first kappa shape index (κ1) is 12.9. The molecule has 1 aliphatic rings. The SMILES string of the molecule is O=C1CC(=O)C(=O)C(c2c[nH]c3ccc(Br)cc23)C1=O. The van der Waals surface area contributed by atoms with Crippen LogP contribution in [0.3, 0.4) is 0 Å². The van der Waals surface area contributed by atoms with E-state index in [-0.39, 0.29) is 0 Å². The molecule has 1 aliphatic carbocycles. The van der Waals surface area contributed by atoms with Gasteiger partial charge >= 0.3 is 0 Å². The maximum Gasteiger partial charge on any atom is 0.214 e. The Labute approximate surface area is 121 Å². The number of aromatic nitrogens is 1. The van der Waals surface area contributed by atoms with E-state index in [4.69, 9.17) is 0 Å². The number of aromatic amines is 1. The zero-order chi connectivity index (χ0) is 14.4. The van der Waals surface area contributed by atoms with Gasteiger partial charge in [0.15, 0.2) is 0 Å². The number of carbonyl (C=O) groups is 4. The summed E-state index contributed by atoms with van der Waals surface area (Å²) in [7, 11) is 0. The third kappa shape index (κ3) is 1.84. The van der Waals surface area contributed by atoms with E-state index in [1.165, 1.54) is 6.20 Å². The van der Waals surface area contributed by atoms with Gasteiger partial charge in [-0.05, 0) is 23.8 Å². The van der Waals surface area contributed by atoms with Gasteiger partial charge in [-0.2, -0.15) is 0 Å². The predicted molar refractivity (Wildman–Crippen MR) is 73.4 cm³/mol. The number of hydrogen-bond donors (Lipinski definition) is 1. The molecule has 3 rings (SSSR count). The van der Waals surface area contributed by atoms with Crippen molar-refractivity contribution in [2.75, 3.05) is 0 Å². The van der Waals surface area contributed by atoms with E-state index in [0.29, 0.717) is 10.9 Å². The van der Waals surface area contributed by atoms with E-state index in [1.54, 1.807) is 12.1 Å². The van der Waals surface area contributed by atoms with Crippen molar-refractivity contribution in [3.63, 3.8) is 0 Å². The average molecular weight is 334 g/mol. The second kappa shape index (κ2) is 4.49.